The molecule has 0 bridgehead atoms. The van der Waals surface area contributed by atoms with Crippen LogP contribution in [0.1, 0.15) is 43.9 Å². The average molecular weight is 382 g/mol. The summed E-state index contributed by atoms with van der Waals surface area (Å²) in [6.45, 7) is 3.06. The van der Waals surface area contributed by atoms with E-state index >= 15 is 0 Å². The van der Waals surface area contributed by atoms with Gasteiger partial charge in [0.1, 0.15) is 17.2 Å². The lowest BCUT2D eigenvalue weighted by Crippen LogP contribution is -2.50. The Balaban J connectivity index is 1.51. The van der Waals surface area contributed by atoms with Crippen LogP contribution in [0.3, 0.4) is 0 Å². The summed E-state index contributed by atoms with van der Waals surface area (Å²) < 4.78 is 20.2. The smallest absolute Gasteiger partial charge is 0.219 e. The number of pyridine rings is 1. The van der Waals surface area contributed by atoms with E-state index in [4.69, 9.17) is 4.74 Å². The summed E-state index contributed by atoms with van der Waals surface area (Å²) in [5, 5.41) is 0. The minimum atomic E-state index is -0.429. The average Bonchev–Trinajstić information content (AvgIpc) is 2.89. The molecule has 1 saturated heterocycles. The minimum absolute atomic E-state index is 0.0754. The molecule has 3 heterocycles. The molecular weight excluding hydrogens is 359 g/mol. The first-order valence-electron chi connectivity index (χ1n) is 9.65. The quantitative estimate of drug-likeness (QED) is 0.734. The van der Waals surface area contributed by atoms with Crippen LogP contribution in [0.2, 0.25) is 0 Å². The Bertz CT molecular complexity index is 908. The van der Waals surface area contributed by atoms with Crippen LogP contribution in [-0.2, 0) is 16.0 Å². The molecule has 1 spiro atoms. The number of hydrogen-bond donors (Lipinski definition) is 0. The number of likely N-dealkylation sites (tertiary alicyclic amines) is 1. The number of ether oxygens (including phenoxy) is 1. The van der Waals surface area contributed by atoms with Crippen LogP contribution < -0.4 is 4.74 Å². The molecule has 0 saturated carbocycles. The molecule has 5 nitrogen and oxygen atoms in total. The molecule has 2 aliphatic heterocycles. The van der Waals surface area contributed by atoms with Crippen LogP contribution in [0.25, 0.3) is 5.57 Å². The highest BCUT2D eigenvalue weighted by Crippen LogP contribution is 2.40. The van der Waals surface area contributed by atoms with Crippen molar-refractivity contribution in [3.8, 4) is 5.75 Å². The number of aryl methyl sites for hydroxylation is 1. The number of halogens is 1. The lowest BCUT2D eigenvalue weighted by atomic mass is 9.83. The Hall–Kier alpha value is -2.76. The second-order valence-electron chi connectivity index (χ2n) is 7.64. The molecule has 0 aromatic carbocycles. The molecule has 1 fully saturated rings. The predicted octanol–water partition coefficient (Wildman–Crippen LogP) is 3.55. The van der Waals surface area contributed by atoms with E-state index in [2.05, 4.69) is 4.98 Å². The molecule has 146 valence electrons. The van der Waals surface area contributed by atoms with Crippen molar-refractivity contribution < 1.29 is 18.7 Å². The molecular formula is C22H23FN2O3. The van der Waals surface area contributed by atoms with E-state index in [1.807, 2.05) is 11.0 Å². The second kappa shape index (κ2) is 7.34. The zero-order valence-corrected chi connectivity index (χ0v) is 15.9. The van der Waals surface area contributed by atoms with E-state index < -0.39 is 5.83 Å². The fourth-order valence-electron chi connectivity index (χ4n) is 4.11. The SMILES string of the molecule is CC(=O)N1CCC2(CCc3cc(C4=CCC(F)=C(C=O)C=C4)ncc3O2)CC1. The van der Waals surface area contributed by atoms with Crippen molar-refractivity contribution in [3.63, 3.8) is 0 Å². The highest BCUT2D eigenvalue weighted by molar-refractivity contribution is 5.83. The van der Waals surface area contributed by atoms with Crippen molar-refractivity contribution in [1.29, 1.82) is 0 Å². The van der Waals surface area contributed by atoms with Gasteiger partial charge in [0.2, 0.25) is 5.91 Å². The summed E-state index contributed by atoms with van der Waals surface area (Å²) in [5.41, 5.74) is 2.50. The van der Waals surface area contributed by atoms with Gasteiger partial charge in [-0.3, -0.25) is 14.6 Å². The molecule has 0 N–H and O–H groups in total. The Labute approximate surface area is 163 Å². The third-order valence-electron chi connectivity index (χ3n) is 5.92. The maximum absolute atomic E-state index is 13.8. The number of nitrogens with zero attached hydrogens (tertiary/aromatic N) is 2. The molecule has 1 amide bonds. The van der Waals surface area contributed by atoms with Crippen molar-refractivity contribution in [2.75, 3.05) is 13.1 Å². The monoisotopic (exact) mass is 382 g/mol. The van der Waals surface area contributed by atoms with Crippen LogP contribution >= 0.6 is 0 Å². The van der Waals surface area contributed by atoms with E-state index in [1.165, 1.54) is 6.08 Å². The maximum Gasteiger partial charge on any atom is 0.219 e. The van der Waals surface area contributed by atoms with Crippen LogP contribution in [0, 0.1) is 0 Å². The van der Waals surface area contributed by atoms with E-state index in [-0.39, 0.29) is 23.5 Å². The third kappa shape index (κ3) is 3.51. The van der Waals surface area contributed by atoms with Gasteiger partial charge < -0.3 is 9.64 Å². The standard InChI is InChI=1S/C22H23FN2O3/c1-15(27)25-10-8-22(9-11-25)7-6-17-12-20(24-13-21(17)28-22)16-2-3-18(14-26)19(23)5-4-16/h2-4,12-14H,5-11H2,1H3. The Kier molecular flexibility index (Phi) is 4.87. The molecule has 0 unspecified atom stereocenters. The number of piperidine rings is 1. The number of fused-ring (bicyclic) bond motifs is 1. The van der Waals surface area contributed by atoms with E-state index in [0.717, 1.165) is 61.4 Å². The number of amides is 1. The lowest BCUT2D eigenvalue weighted by Gasteiger charge is -2.44. The molecule has 1 aromatic heterocycles. The summed E-state index contributed by atoms with van der Waals surface area (Å²) in [5.74, 6) is 0.481. The number of allylic oxidation sites excluding steroid dienone is 6. The molecule has 4 rings (SSSR count). The van der Waals surface area contributed by atoms with Crippen molar-refractivity contribution in [1.82, 2.24) is 9.88 Å². The predicted molar refractivity (Wildman–Crippen MR) is 103 cm³/mol. The summed E-state index contributed by atoms with van der Waals surface area (Å²) in [4.78, 5) is 28.9. The molecule has 28 heavy (non-hydrogen) atoms. The summed E-state index contributed by atoms with van der Waals surface area (Å²) in [7, 11) is 0. The van der Waals surface area contributed by atoms with E-state index in [0.29, 0.717) is 6.29 Å². The number of carbonyl (C=O) groups excluding carboxylic acids is 2. The largest absolute Gasteiger partial charge is 0.485 e. The zero-order valence-electron chi connectivity index (χ0n) is 15.9. The van der Waals surface area contributed by atoms with Gasteiger partial charge in [0.15, 0.2) is 6.29 Å². The van der Waals surface area contributed by atoms with Gasteiger partial charge in [-0.15, -0.1) is 0 Å². The number of hydrogen-bond acceptors (Lipinski definition) is 4. The second-order valence-corrected chi connectivity index (χ2v) is 7.64. The minimum Gasteiger partial charge on any atom is -0.485 e. The van der Waals surface area contributed by atoms with Crippen LogP contribution in [0.4, 0.5) is 4.39 Å². The van der Waals surface area contributed by atoms with Gasteiger partial charge in [0.05, 0.1) is 11.9 Å². The molecule has 1 aromatic rings. The van der Waals surface area contributed by atoms with Gasteiger partial charge in [-0.25, -0.2) is 4.39 Å². The third-order valence-corrected chi connectivity index (χ3v) is 5.92. The molecule has 3 aliphatic rings. The maximum atomic E-state index is 13.8. The van der Waals surface area contributed by atoms with Gasteiger partial charge in [-0.05, 0) is 36.1 Å². The van der Waals surface area contributed by atoms with Crippen LogP contribution in [0.5, 0.6) is 5.75 Å². The van der Waals surface area contributed by atoms with Crippen molar-refractivity contribution >= 4 is 17.8 Å². The number of aldehydes is 1. The Morgan fingerprint density at radius 1 is 1.29 bits per heavy atom. The Morgan fingerprint density at radius 2 is 2.07 bits per heavy atom. The van der Waals surface area contributed by atoms with Gasteiger partial charge in [-0.1, -0.05) is 12.2 Å². The van der Waals surface area contributed by atoms with Gasteiger partial charge in [0, 0.05) is 44.8 Å². The van der Waals surface area contributed by atoms with E-state index in [9.17, 15) is 14.0 Å². The Morgan fingerprint density at radius 3 is 2.79 bits per heavy atom. The van der Waals surface area contributed by atoms with Crippen molar-refractivity contribution in [2.24, 2.45) is 0 Å². The summed E-state index contributed by atoms with van der Waals surface area (Å²) >= 11 is 0. The first-order valence-corrected chi connectivity index (χ1v) is 9.65. The van der Waals surface area contributed by atoms with Crippen molar-refractivity contribution in [2.45, 2.75) is 44.6 Å². The van der Waals surface area contributed by atoms with Gasteiger partial charge >= 0.3 is 0 Å². The van der Waals surface area contributed by atoms with Gasteiger partial charge in [-0.2, -0.15) is 0 Å². The first kappa shape index (κ1) is 18.6. The molecule has 0 radical (unpaired) electrons. The number of rotatable bonds is 2. The van der Waals surface area contributed by atoms with Gasteiger partial charge in [0.25, 0.3) is 0 Å². The molecule has 1 aliphatic carbocycles. The first-order chi connectivity index (χ1) is 13.5. The number of aromatic nitrogens is 1. The fraction of sp³-hybridized carbons (Fsp3) is 0.409. The summed E-state index contributed by atoms with van der Waals surface area (Å²) in [6, 6.07) is 1.99. The van der Waals surface area contributed by atoms with Crippen LogP contribution in [-0.4, -0.2) is 40.8 Å². The summed E-state index contributed by atoms with van der Waals surface area (Å²) in [6.07, 6.45) is 10.8. The normalized spacial score (nSPS) is 20.9. The number of carbonyl (C=O) groups is 2. The molecule has 6 heteroatoms. The highest BCUT2D eigenvalue weighted by atomic mass is 19.1. The van der Waals surface area contributed by atoms with E-state index in [1.54, 1.807) is 25.3 Å². The van der Waals surface area contributed by atoms with Crippen molar-refractivity contribution in [3.05, 3.63) is 53.1 Å². The highest BCUT2D eigenvalue weighted by Gasteiger charge is 2.40. The van der Waals surface area contributed by atoms with Crippen LogP contribution in [0.15, 0.2) is 41.9 Å². The topological polar surface area (TPSA) is 59.5 Å². The lowest BCUT2D eigenvalue weighted by molar-refractivity contribution is -0.132. The zero-order chi connectivity index (χ0) is 19.7. The fourth-order valence-corrected chi connectivity index (χ4v) is 4.11. The molecule has 0 atom stereocenters.